The van der Waals surface area contributed by atoms with Crippen molar-refractivity contribution in [1.29, 1.82) is 0 Å². The Balaban J connectivity index is 2.78. The highest BCUT2D eigenvalue weighted by atomic mass is 28.1. The molecule has 1 rings (SSSR count). The van der Waals surface area contributed by atoms with Gasteiger partial charge in [0.05, 0.1) is 12.0 Å². The molecule has 1 aliphatic heterocycles. The molecule has 1 heterocycles. The van der Waals surface area contributed by atoms with Crippen molar-refractivity contribution in [2.45, 2.75) is 57.8 Å². The van der Waals surface area contributed by atoms with Gasteiger partial charge in [-0.1, -0.05) is 27.2 Å². The first kappa shape index (κ1) is 14.4. The van der Waals surface area contributed by atoms with Gasteiger partial charge in [0.15, 0.2) is 6.10 Å². The van der Waals surface area contributed by atoms with Gasteiger partial charge in [-0.25, -0.2) is 4.79 Å². The van der Waals surface area contributed by atoms with Crippen LogP contribution in [0.4, 0.5) is 0 Å². The van der Waals surface area contributed by atoms with Crippen molar-refractivity contribution in [2.75, 3.05) is 0 Å². The van der Waals surface area contributed by atoms with E-state index < -0.39 is 18.0 Å². The van der Waals surface area contributed by atoms with Gasteiger partial charge in [0.2, 0.25) is 0 Å². The number of rotatable bonds is 6. The highest BCUT2D eigenvalue weighted by molar-refractivity contribution is 6.15. The summed E-state index contributed by atoms with van der Waals surface area (Å²) in [6.07, 6.45) is 1.95. The summed E-state index contributed by atoms with van der Waals surface area (Å²) >= 11 is 0. The third kappa shape index (κ3) is 3.16. The predicted molar refractivity (Wildman–Crippen MR) is 67.8 cm³/mol. The molecule has 1 fully saturated rings. The maximum Gasteiger partial charge on any atom is 0.343 e. The zero-order valence-corrected chi connectivity index (χ0v) is 13.1. The maximum atomic E-state index is 11.7. The number of carbonyl (C=O) groups is 2. The Morgan fingerprint density at radius 3 is 2.24 bits per heavy atom. The molecule has 5 heteroatoms. The summed E-state index contributed by atoms with van der Waals surface area (Å²) in [5, 5.41) is 0. The molecule has 0 spiro atoms. The van der Waals surface area contributed by atoms with E-state index >= 15 is 0 Å². The van der Waals surface area contributed by atoms with Crippen molar-refractivity contribution in [3.8, 4) is 0 Å². The van der Waals surface area contributed by atoms with Gasteiger partial charge in [0, 0.05) is 10.2 Å². The van der Waals surface area contributed by atoms with Crippen molar-refractivity contribution >= 4 is 22.2 Å². The van der Waals surface area contributed by atoms with E-state index in [-0.39, 0.29) is 17.6 Å². The summed E-state index contributed by atoms with van der Waals surface area (Å²) in [4.78, 5) is 23.3. The summed E-state index contributed by atoms with van der Waals surface area (Å²) in [6, 6.07) is 0. The second-order valence-corrected chi connectivity index (χ2v) is 6.13. The minimum absolute atomic E-state index is 0.0340. The quantitative estimate of drug-likeness (QED) is 0.402. The van der Waals surface area contributed by atoms with Gasteiger partial charge in [-0.05, 0) is 18.4 Å². The molecule has 0 aromatic heterocycles. The molecule has 0 bridgehead atoms. The van der Waals surface area contributed by atoms with Crippen molar-refractivity contribution in [3.05, 3.63) is 0 Å². The minimum Gasteiger partial charge on any atom is -0.391 e. The molecule has 1 aliphatic rings. The smallest absolute Gasteiger partial charge is 0.343 e. The third-order valence-electron chi connectivity index (χ3n) is 3.54. The van der Waals surface area contributed by atoms with Gasteiger partial charge in [-0.2, -0.15) is 0 Å². The highest BCUT2D eigenvalue weighted by Gasteiger charge is 2.48. The zero-order chi connectivity index (χ0) is 13.0. The lowest BCUT2D eigenvalue weighted by atomic mass is 9.98. The molecule has 0 amide bonds. The van der Waals surface area contributed by atoms with Gasteiger partial charge < -0.3 is 9.47 Å². The van der Waals surface area contributed by atoms with Crippen molar-refractivity contribution in [2.24, 2.45) is 5.92 Å². The lowest BCUT2D eigenvalue weighted by molar-refractivity contribution is -0.157. The molecule has 0 aromatic carbocycles. The monoisotopic (exact) mass is 258 g/mol. The van der Waals surface area contributed by atoms with Crippen LogP contribution in [0, 0.1) is 5.92 Å². The molecule has 0 radical (unpaired) electrons. The van der Waals surface area contributed by atoms with Crippen LogP contribution in [0.5, 0.6) is 0 Å². The Labute approximate surface area is 105 Å². The van der Waals surface area contributed by atoms with Crippen LogP contribution in [0.3, 0.4) is 0 Å². The molecule has 3 atom stereocenters. The van der Waals surface area contributed by atoms with E-state index in [9.17, 15) is 9.59 Å². The average Bonchev–Trinajstić information content (AvgIpc) is 2.59. The molecule has 0 saturated carbocycles. The molecular weight excluding hydrogens is 236 g/mol. The van der Waals surface area contributed by atoms with Crippen molar-refractivity contribution < 1.29 is 19.1 Å². The Morgan fingerprint density at radius 2 is 1.76 bits per heavy atom. The number of esters is 2. The largest absolute Gasteiger partial charge is 0.391 e. The maximum absolute atomic E-state index is 11.7. The Kier molecular flexibility index (Phi) is 5.33. The zero-order valence-electron chi connectivity index (χ0n) is 11.1. The van der Waals surface area contributed by atoms with Crippen LogP contribution in [0.1, 0.15) is 40.0 Å². The van der Waals surface area contributed by atoms with E-state index in [2.05, 4.69) is 0 Å². The summed E-state index contributed by atoms with van der Waals surface area (Å²) in [7, 11) is 0.870. The lowest BCUT2D eigenvalue weighted by Crippen LogP contribution is -2.34. The van der Waals surface area contributed by atoms with E-state index in [1.165, 1.54) is 0 Å². The van der Waals surface area contributed by atoms with Crippen LogP contribution in [0.25, 0.3) is 0 Å². The predicted octanol–water partition coefficient (Wildman–Crippen LogP) is 0.824. The van der Waals surface area contributed by atoms with Crippen LogP contribution in [-0.4, -0.2) is 34.4 Å². The van der Waals surface area contributed by atoms with Crippen LogP contribution in [0.15, 0.2) is 0 Å². The standard InChI is InChI=1S/C12H22O4Si/c1-4-7(5-2)15-10-9(8(17)6-3)11(13)16-12(10)14/h7-10H,4-6H2,1-3,17H3. The van der Waals surface area contributed by atoms with Gasteiger partial charge in [0.1, 0.15) is 0 Å². The number of carbonyl (C=O) groups excluding carboxylic acids is 2. The fraction of sp³-hybridized carbons (Fsp3) is 0.833. The molecule has 0 N–H and O–H groups in total. The summed E-state index contributed by atoms with van der Waals surface area (Å²) in [5.41, 5.74) is 0.244. The Morgan fingerprint density at radius 1 is 1.18 bits per heavy atom. The topological polar surface area (TPSA) is 52.6 Å². The van der Waals surface area contributed by atoms with Crippen LogP contribution < -0.4 is 0 Å². The first-order valence-corrected chi connectivity index (χ1v) is 7.61. The highest BCUT2D eigenvalue weighted by Crippen LogP contribution is 2.32. The Hall–Kier alpha value is -0.683. The van der Waals surface area contributed by atoms with Crippen molar-refractivity contribution in [1.82, 2.24) is 0 Å². The van der Waals surface area contributed by atoms with E-state index in [1.807, 2.05) is 20.8 Å². The average molecular weight is 258 g/mol. The molecule has 4 nitrogen and oxygen atoms in total. The molecule has 0 aliphatic carbocycles. The van der Waals surface area contributed by atoms with Gasteiger partial charge in [-0.3, -0.25) is 4.79 Å². The summed E-state index contributed by atoms with van der Waals surface area (Å²) in [5.74, 6) is -1.27. The molecule has 0 aromatic rings. The van der Waals surface area contributed by atoms with E-state index in [4.69, 9.17) is 9.47 Å². The number of hydrogen-bond donors (Lipinski definition) is 0. The fourth-order valence-corrected chi connectivity index (χ4v) is 2.73. The third-order valence-corrected chi connectivity index (χ3v) is 5.07. The van der Waals surface area contributed by atoms with Gasteiger partial charge in [0.25, 0.3) is 0 Å². The van der Waals surface area contributed by atoms with E-state index in [0.29, 0.717) is 0 Å². The van der Waals surface area contributed by atoms with Crippen molar-refractivity contribution in [3.63, 3.8) is 0 Å². The fourth-order valence-electron chi connectivity index (χ4n) is 2.11. The molecule has 98 valence electrons. The summed E-state index contributed by atoms with van der Waals surface area (Å²) in [6.45, 7) is 6.06. The first-order valence-electron chi connectivity index (χ1n) is 6.46. The number of hydrogen-bond acceptors (Lipinski definition) is 4. The summed E-state index contributed by atoms with van der Waals surface area (Å²) < 4.78 is 10.5. The van der Waals surface area contributed by atoms with E-state index in [0.717, 1.165) is 29.5 Å². The van der Waals surface area contributed by atoms with Crippen LogP contribution in [0.2, 0.25) is 5.54 Å². The normalized spacial score (nSPS) is 26.6. The number of cyclic esters (lactones) is 2. The minimum atomic E-state index is -0.671. The van der Waals surface area contributed by atoms with Gasteiger partial charge >= 0.3 is 11.9 Å². The SMILES string of the molecule is CCC(CC)OC1C(=O)OC(=O)C1C([SiH3])CC. The first-order chi connectivity index (χ1) is 8.04. The Bertz CT molecular complexity index is 288. The second-order valence-electron chi connectivity index (χ2n) is 4.65. The van der Waals surface area contributed by atoms with E-state index in [1.54, 1.807) is 0 Å². The lowest BCUT2D eigenvalue weighted by Gasteiger charge is -2.23. The number of ether oxygens (including phenoxy) is 2. The molecule has 1 saturated heterocycles. The molecule has 17 heavy (non-hydrogen) atoms. The molecular formula is C12H22O4Si. The van der Waals surface area contributed by atoms with Crippen LogP contribution >= 0.6 is 0 Å². The van der Waals surface area contributed by atoms with Crippen LogP contribution in [-0.2, 0) is 19.1 Å². The second kappa shape index (κ2) is 6.30. The molecule has 3 unspecified atom stereocenters. The van der Waals surface area contributed by atoms with Gasteiger partial charge in [-0.15, -0.1) is 0 Å².